The van der Waals surface area contributed by atoms with Gasteiger partial charge in [-0.3, -0.25) is 0 Å². The third kappa shape index (κ3) is 4.31. The second-order valence-corrected chi connectivity index (χ2v) is 7.51. The monoisotopic (exact) mass is 388 g/mol. The fourth-order valence-corrected chi connectivity index (χ4v) is 3.81. The highest BCUT2D eigenvalue weighted by atomic mass is 15.4. The topological polar surface area (TPSA) is 48.4 Å². The van der Waals surface area contributed by atoms with Gasteiger partial charge in [-0.25, -0.2) is 0 Å². The summed E-state index contributed by atoms with van der Waals surface area (Å²) < 4.78 is 0. The number of piperazine rings is 1. The summed E-state index contributed by atoms with van der Waals surface area (Å²) in [5.74, 6) is 1.54. The lowest BCUT2D eigenvalue weighted by molar-refractivity contribution is 0.643. The molecule has 1 aliphatic heterocycles. The number of aromatic nitrogens is 3. The van der Waals surface area contributed by atoms with Crippen LogP contribution in [0.5, 0.6) is 0 Å². The highest BCUT2D eigenvalue weighted by Gasteiger charge is 2.20. The summed E-state index contributed by atoms with van der Waals surface area (Å²) in [4.78, 5) is 11.7. The summed E-state index contributed by atoms with van der Waals surface area (Å²) in [5.41, 5.74) is 4.90. The first-order chi connectivity index (χ1) is 14.1. The fraction of sp³-hybridized carbons (Fsp3) is 0.348. The van der Waals surface area contributed by atoms with E-state index in [0.29, 0.717) is 5.95 Å². The van der Waals surface area contributed by atoms with Crippen LogP contribution >= 0.6 is 0 Å². The Bertz CT molecular complexity index is 965. The molecular weight excluding hydrogens is 360 g/mol. The third-order valence-corrected chi connectivity index (χ3v) is 5.38. The van der Waals surface area contributed by atoms with Crippen LogP contribution in [0, 0.1) is 13.8 Å². The van der Waals surface area contributed by atoms with Crippen molar-refractivity contribution >= 4 is 23.1 Å². The van der Waals surface area contributed by atoms with Crippen LogP contribution in [0.25, 0.3) is 0 Å². The lowest BCUT2D eigenvalue weighted by Gasteiger charge is -2.36. The lowest BCUT2D eigenvalue weighted by atomic mass is 10.2. The van der Waals surface area contributed by atoms with E-state index in [-0.39, 0.29) is 0 Å². The Morgan fingerprint density at radius 3 is 2.28 bits per heavy atom. The molecule has 3 aromatic rings. The average Bonchev–Trinajstić information content (AvgIpc) is 2.75. The first-order valence-corrected chi connectivity index (χ1v) is 10.2. The van der Waals surface area contributed by atoms with Crippen LogP contribution in [0.3, 0.4) is 0 Å². The predicted molar refractivity (Wildman–Crippen MR) is 119 cm³/mol. The number of aryl methyl sites for hydroxylation is 2. The van der Waals surface area contributed by atoms with Gasteiger partial charge in [0.1, 0.15) is 0 Å². The van der Waals surface area contributed by atoms with Gasteiger partial charge in [-0.2, -0.15) is 10.1 Å². The molecule has 0 radical (unpaired) electrons. The van der Waals surface area contributed by atoms with E-state index in [1.807, 2.05) is 0 Å². The van der Waals surface area contributed by atoms with Gasteiger partial charge in [0.2, 0.25) is 0 Å². The molecule has 0 N–H and O–H groups in total. The van der Waals surface area contributed by atoms with Crippen LogP contribution in [0.4, 0.5) is 23.1 Å². The van der Waals surface area contributed by atoms with E-state index in [4.69, 9.17) is 4.98 Å². The zero-order valence-corrected chi connectivity index (χ0v) is 17.4. The van der Waals surface area contributed by atoms with E-state index in [0.717, 1.165) is 44.2 Å². The van der Waals surface area contributed by atoms with Crippen molar-refractivity contribution in [1.82, 2.24) is 15.2 Å². The Labute approximate surface area is 172 Å². The molecule has 2 heterocycles. The Balaban J connectivity index is 1.49. The SMILES string of the molecule is CCN(c1cccc(C)c1)c1nncc(N2CCN(c3cccc(C)c3)CC2)n1. The summed E-state index contributed by atoms with van der Waals surface area (Å²) in [5, 5.41) is 8.57. The van der Waals surface area contributed by atoms with Gasteiger partial charge >= 0.3 is 0 Å². The van der Waals surface area contributed by atoms with Gasteiger partial charge in [0.25, 0.3) is 5.95 Å². The second-order valence-electron chi connectivity index (χ2n) is 7.51. The molecule has 0 saturated carbocycles. The maximum absolute atomic E-state index is 4.85. The smallest absolute Gasteiger partial charge is 0.251 e. The molecule has 1 aromatic heterocycles. The Kier molecular flexibility index (Phi) is 5.60. The number of hydrogen-bond acceptors (Lipinski definition) is 6. The van der Waals surface area contributed by atoms with Crippen molar-refractivity contribution in [3.8, 4) is 0 Å². The minimum Gasteiger partial charge on any atom is -0.368 e. The van der Waals surface area contributed by atoms with Crippen molar-refractivity contribution in [3.63, 3.8) is 0 Å². The molecule has 6 heteroatoms. The first kappa shape index (κ1) is 19.2. The highest BCUT2D eigenvalue weighted by molar-refractivity contribution is 5.59. The zero-order chi connectivity index (χ0) is 20.2. The molecule has 0 bridgehead atoms. The molecule has 150 valence electrons. The highest BCUT2D eigenvalue weighted by Crippen LogP contribution is 2.25. The van der Waals surface area contributed by atoms with E-state index in [9.17, 15) is 0 Å². The summed E-state index contributed by atoms with van der Waals surface area (Å²) in [6.07, 6.45) is 1.77. The van der Waals surface area contributed by atoms with Crippen molar-refractivity contribution in [1.29, 1.82) is 0 Å². The maximum atomic E-state index is 4.85. The molecule has 1 fully saturated rings. The van der Waals surface area contributed by atoms with Gasteiger partial charge in [0.05, 0.1) is 6.20 Å². The molecule has 29 heavy (non-hydrogen) atoms. The van der Waals surface area contributed by atoms with E-state index in [1.54, 1.807) is 6.20 Å². The van der Waals surface area contributed by atoms with Gasteiger partial charge in [0.15, 0.2) is 5.82 Å². The number of hydrogen-bond donors (Lipinski definition) is 0. The number of benzene rings is 2. The lowest BCUT2D eigenvalue weighted by Crippen LogP contribution is -2.47. The van der Waals surface area contributed by atoms with E-state index in [1.165, 1.54) is 16.8 Å². The molecular formula is C23H28N6. The maximum Gasteiger partial charge on any atom is 0.251 e. The first-order valence-electron chi connectivity index (χ1n) is 10.2. The number of rotatable bonds is 5. The van der Waals surface area contributed by atoms with Crippen LogP contribution in [-0.4, -0.2) is 47.9 Å². The predicted octanol–water partition coefficient (Wildman–Crippen LogP) is 3.97. The van der Waals surface area contributed by atoms with Crippen LogP contribution in [-0.2, 0) is 0 Å². The van der Waals surface area contributed by atoms with Crippen molar-refractivity contribution in [2.24, 2.45) is 0 Å². The number of anilines is 4. The number of nitrogens with zero attached hydrogens (tertiary/aromatic N) is 6. The molecule has 2 aromatic carbocycles. The summed E-state index contributed by atoms with van der Waals surface area (Å²) in [7, 11) is 0. The summed E-state index contributed by atoms with van der Waals surface area (Å²) in [6.45, 7) is 10.9. The van der Waals surface area contributed by atoms with E-state index < -0.39 is 0 Å². The van der Waals surface area contributed by atoms with Crippen molar-refractivity contribution in [2.75, 3.05) is 47.4 Å². The minimum atomic E-state index is 0.650. The Hall–Kier alpha value is -3.15. The molecule has 1 saturated heterocycles. The standard InChI is InChI=1S/C23H28N6/c1-4-29(21-10-6-8-19(3)16-21)23-25-22(17-24-26-23)28-13-11-27(12-14-28)20-9-5-7-18(2)15-20/h5-10,15-17H,4,11-14H2,1-3H3. The quantitative estimate of drug-likeness (QED) is 0.659. The van der Waals surface area contributed by atoms with Gasteiger partial charge in [-0.15, -0.1) is 5.10 Å². The minimum absolute atomic E-state index is 0.650. The average molecular weight is 389 g/mol. The molecule has 0 spiro atoms. The van der Waals surface area contributed by atoms with Crippen molar-refractivity contribution in [3.05, 3.63) is 65.9 Å². The van der Waals surface area contributed by atoms with Crippen LogP contribution in [0.15, 0.2) is 54.7 Å². The van der Waals surface area contributed by atoms with Crippen LogP contribution in [0.2, 0.25) is 0 Å². The zero-order valence-electron chi connectivity index (χ0n) is 17.4. The summed E-state index contributed by atoms with van der Waals surface area (Å²) >= 11 is 0. The Morgan fingerprint density at radius 2 is 1.59 bits per heavy atom. The summed E-state index contributed by atoms with van der Waals surface area (Å²) in [6, 6.07) is 17.1. The van der Waals surface area contributed by atoms with Crippen LogP contribution < -0.4 is 14.7 Å². The largest absolute Gasteiger partial charge is 0.368 e. The normalized spacial score (nSPS) is 14.2. The van der Waals surface area contributed by atoms with Crippen molar-refractivity contribution in [2.45, 2.75) is 20.8 Å². The Morgan fingerprint density at radius 1 is 0.897 bits per heavy atom. The van der Waals surface area contributed by atoms with Gasteiger partial charge in [0, 0.05) is 44.1 Å². The molecule has 0 amide bonds. The van der Waals surface area contributed by atoms with E-state index in [2.05, 4.69) is 94.2 Å². The second kappa shape index (κ2) is 8.47. The molecule has 0 aliphatic carbocycles. The van der Waals surface area contributed by atoms with E-state index >= 15 is 0 Å². The van der Waals surface area contributed by atoms with Gasteiger partial charge in [-0.05, 0) is 56.2 Å². The molecule has 1 aliphatic rings. The molecule has 4 rings (SSSR count). The van der Waals surface area contributed by atoms with Crippen LogP contribution in [0.1, 0.15) is 18.1 Å². The van der Waals surface area contributed by atoms with Gasteiger partial charge < -0.3 is 14.7 Å². The van der Waals surface area contributed by atoms with Gasteiger partial charge in [-0.1, -0.05) is 24.3 Å². The molecule has 0 unspecified atom stereocenters. The molecule has 0 atom stereocenters. The third-order valence-electron chi connectivity index (χ3n) is 5.38. The van der Waals surface area contributed by atoms with Crippen molar-refractivity contribution < 1.29 is 0 Å². The fourth-order valence-electron chi connectivity index (χ4n) is 3.81. The molecule has 6 nitrogen and oxygen atoms in total.